The molecule has 0 unspecified atom stereocenters. The highest BCUT2D eigenvalue weighted by molar-refractivity contribution is 7.96. The van der Waals surface area contributed by atoms with Crippen LogP contribution in [0.1, 0.15) is 16.7 Å². The normalized spacial score (nSPS) is 11.4. The van der Waals surface area contributed by atoms with Gasteiger partial charge in [0.15, 0.2) is 0 Å². The monoisotopic (exact) mass is 1330 g/mol. The molecule has 0 aromatic heterocycles. The first-order chi connectivity index (χ1) is 46.7. The van der Waals surface area contributed by atoms with Crippen molar-refractivity contribution < 1.29 is 19.2 Å². The van der Waals surface area contributed by atoms with Crippen LogP contribution in [0.25, 0.3) is 0 Å². The Labute approximate surface area is 566 Å². The van der Waals surface area contributed by atoms with Gasteiger partial charge in [-0.25, -0.2) is 0 Å². The number of phosphoric acid groups is 1. The molecule has 3 N–H and O–H groups in total. The van der Waals surface area contributed by atoms with Crippen LogP contribution >= 0.6 is 29.6 Å². The summed E-state index contributed by atoms with van der Waals surface area (Å²) in [5.74, 6) is 0. The van der Waals surface area contributed by atoms with Crippen molar-refractivity contribution >= 4 is 77.4 Å². The summed E-state index contributed by atoms with van der Waals surface area (Å²) in [7, 11) is -10.6. The predicted molar refractivity (Wildman–Crippen MR) is 407 cm³/mol. The Bertz CT molecular complexity index is 3320. The molecule has 12 aromatic carbocycles. The van der Waals surface area contributed by atoms with Gasteiger partial charge in [-0.15, -0.1) is 0 Å². The van der Waals surface area contributed by atoms with E-state index in [9.17, 15) is 0 Å². The Morgan fingerprint density at radius 3 is 0.474 bits per heavy atom. The third-order valence-corrected chi connectivity index (χ3v) is 30.2. The third kappa shape index (κ3) is 21.2. The van der Waals surface area contributed by atoms with E-state index in [-0.39, 0.29) is 0 Å². The van der Waals surface area contributed by atoms with Crippen LogP contribution in [0.4, 0.5) is 0 Å². The molecule has 0 amide bonds. The van der Waals surface area contributed by atoms with E-state index in [1.807, 2.05) is 0 Å². The minimum absolute atomic E-state index is 0.999. The summed E-state index contributed by atoms with van der Waals surface area (Å²) >= 11 is 0. The van der Waals surface area contributed by atoms with Gasteiger partial charge in [0.05, 0.1) is 18.5 Å². The summed E-state index contributed by atoms with van der Waals surface area (Å²) in [6, 6.07) is 132. The molecule has 0 atom stereocenters. The first-order valence-corrected chi connectivity index (χ1v) is 40.2. The van der Waals surface area contributed by atoms with Crippen molar-refractivity contribution in [3.8, 4) is 0 Å². The van der Waals surface area contributed by atoms with Crippen molar-refractivity contribution in [2.24, 2.45) is 0 Å². The molecule has 0 spiro atoms. The molecule has 0 saturated heterocycles. The van der Waals surface area contributed by atoms with Crippen LogP contribution in [-0.4, -0.2) is 57.8 Å². The number of benzene rings is 12. The van der Waals surface area contributed by atoms with E-state index in [0.29, 0.717) is 0 Å². The lowest BCUT2D eigenvalue weighted by molar-refractivity contribution is -0.432. The molecule has 12 aromatic rings. The molecule has 0 radical (unpaired) electrons. The van der Waals surface area contributed by atoms with E-state index < -0.39 is 29.6 Å². The lowest BCUT2D eigenvalue weighted by Crippen LogP contribution is -2.36. The Kier molecular flexibility index (Phi) is 28.8. The van der Waals surface area contributed by atoms with Crippen molar-refractivity contribution in [3.05, 3.63) is 381 Å². The van der Waals surface area contributed by atoms with Gasteiger partial charge in [-0.05, 0) is 165 Å². The predicted octanol–water partition coefficient (Wildman–Crippen LogP) is 11.6. The molecule has 482 valence electrons. The van der Waals surface area contributed by atoms with Crippen LogP contribution in [-0.2, 0) is 23.8 Å². The van der Waals surface area contributed by atoms with Gasteiger partial charge in [0, 0.05) is 19.6 Å². The van der Waals surface area contributed by atoms with Crippen molar-refractivity contribution in [1.82, 2.24) is 16.0 Å². The largest absolute Gasteiger partial charge is 0.822 e. The summed E-state index contributed by atoms with van der Waals surface area (Å²) in [5.41, 5.74) is 4.17. The maximum absolute atomic E-state index is 8.55. The second-order valence-corrected chi connectivity index (χ2v) is 34.8. The summed E-state index contributed by atoms with van der Waals surface area (Å²) in [5, 5.41) is 24.2. The first kappa shape index (κ1) is 71.2. The van der Waals surface area contributed by atoms with Gasteiger partial charge < -0.3 is 35.2 Å². The minimum Gasteiger partial charge on any atom is -0.822 e. The van der Waals surface area contributed by atoms with Gasteiger partial charge in [-0.3, -0.25) is 0 Å². The fraction of sp³-hybridized carbons (Fsp3) is 0.143. The van der Waals surface area contributed by atoms with Gasteiger partial charge in [0.25, 0.3) is 0 Å². The van der Waals surface area contributed by atoms with Gasteiger partial charge >= 0.3 is 0 Å². The molecular formula is C84H87N3O4P4. The summed E-state index contributed by atoms with van der Waals surface area (Å²) < 4.78 is 8.55. The van der Waals surface area contributed by atoms with Gasteiger partial charge in [0.2, 0.25) is 0 Å². The lowest BCUT2D eigenvalue weighted by Gasteiger charge is -2.36. The molecule has 0 heterocycles. The zero-order valence-electron chi connectivity index (χ0n) is 54.0. The molecule has 0 bridgehead atoms. The van der Waals surface area contributed by atoms with E-state index in [0.717, 1.165) is 77.0 Å². The Hall–Kier alpha value is -8.08. The van der Waals surface area contributed by atoms with Gasteiger partial charge in [0.1, 0.15) is 69.5 Å². The molecule has 0 fully saturated rings. The standard InChI is InChI=1S/3C28H29NP.H3O4P/c3*1-5-13-25(14-6-1)21-22-29-23-24-30(26-15-7-2-8-16-26,27-17-9-3-10-18-27)28-19-11-4-12-20-28;1-5(2,3)4/h3*1-20,29H,21-24H2;(H3,1,2,3,4)/q3*+1;/p-3. The topological polar surface area (TPSA) is 122 Å². The van der Waals surface area contributed by atoms with E-state index in [4.69, 9.17) is 19.2 Å². The first-order valence-electron chi connectivity index (χ1n) is 32.8. The molecule has 0 aliphatic heterocycles. The average Bonchev–Trinajstić information content (AvgIpc) is 0.783. The van der Waals surface area contributed by atoms with Crippen molar-refractivity contribution in [2.75, 3.05) is 57.8 Å². The third-order valence-electron chi connectivity index (χ3n) is 16.9. The van der Waals surface area contributed by atoms with Crippen LogP contribution in [0.15, 0.2) is 364 Å². The van der Waals surface area contributed by atoms with Crippen LogP contribution in [0.3, 0.4) is 0 Å². The maximum Gasteiger partial charge on any atom is 0.113 e. The molecule has 12 rings (SSSR count). The highest BCUT2D eigenvalue weighted by atomic mass is 31.2. The number of hydrogen-bond donors (Lipinski definition) is 3. The Morgan fingerprint density at radius 2 is 0.337 bits per heavy atom. The Morgan fingerprint density at radius 1 is 0.211 bits per heavy atom. The van der Waals surface area contributed by atoms with E-state index in [1.165, 1.54) is 64.4 Å². The van der Waals surface area contributed by atoms with Crippen LogP contribution in [0.5, 0.6) is 0 Å². The lowest BCUT2D eigenvalue weighted by atomic mass is 10.1. The zero-order chi connectivity index (χ0) is 66.0. The molecule has 0 aliphatic rings. The van der Waals surface area contributed by atoms with Crippen molar-refractivity contribution in [1.29, 1.82) is 0 Å². The maximum atomic E-state index is 8.55. The average molecular weight is 1330 g/mol. The second kappa shape index (κ2) is 38.5. The quantitative estimate of drug-likeness (QED) is 0.0346. The molecular weight excluding hydrogens is 1240 g/mol. The number of rotatable bonds is 27. The fourth-order valence-electron chi connectivity index (χ4n) is 12.4. The minimum atomic E-state index is -5.39. The highest BCUT2D eigenvalue weighted by Gasteiger charge is 2.47. The molecule has 7 nitrogen and oxygen atoms in total. The van der Waals surface area contributed by atoms with Crippen LogP contribution < -0.4 is 78.4 Å². The van der Waals surface area contributed by atoms with Gasteiger partial charge in [-0.2, -0.15) is 7.82 Å². The summed E-state index contributed by atoms with van der Waals surface area (Å²) in [6.07, 6.45) is 6.52. The van der Waals surface area contributed by atoms with E-state index in [1.54, 1.807) is 0 Å². The smallest absolute Gasteiger partial charge is 0.113 e. The molecule has 0 aliphatic carbocycles. The molecule has 0 saturated carbocycles. The van der Waals surface area contributed by atoms with E-state index in [2.05, 4.69) is 380 Å². The molecule has 95 heavy (non-hydrogen) atoms. The van der Waals surface area contributed by atoms with E-state index >= 15 is 0 Å². The fourth-order valence-corrected chi connectivity index (χ4v) is 25.0. The zero-order valence-corrected chi connectivity index (χ0v) is 57.6. The van der Waals surface area contributed by atoms with Gasteiger partial charge in [-0.1, -0.05) is 255 Å². The highest BCUT2D eigenvalue weighted by Crippen LogP contribution is 2.57. The van der Waals surface area contributed by atoms with Crippen molar-refractivity contribution in [3.63, 3.8) is 0 Å². The number of hydrogen-bond acceptors (Lipinski definition) is 7. The van der Waals surface area contributed by atoms with Crippen molar-refractivity contribution in [2.45, 2.75) is 19.3 Å². The SMILES string of the molecule is O=P([O-])([O-])[O-].c1ccc(CCNCC[P+](c2ccccc2)(c2ccccc2)c2ccccc2)cc1.c1ccc(CCNCC[P+](c2ccccc2)(c2ccccc2)c2ccccc2)cc1.c1ccc(CCNCC[P+](c2ccccc2)(c2ccccc2)c2ccccc2)cc1. The molecule has 11 heteroatoms. The summed E-state index contributed by atoms with van der Waals surface area (Å²) in [6.45, 7) is 6.00. The van der Waals surface area contributed by atoms with Crippen LogP contribution in [0, 0.1) is 0 Å². The number of nitrogens with one attached hydrogen (secondary N) is 3. The summed E-state index contributed by atoms with van der Waals surface area (Å²) in [4.78, 5) is 25.6. The second-order valence-electron chi connectivity index (χ2n) is 23.0. The van der Waals surface area contributed by atoms with Crippen LogP contribution in [0.2, 0.25) is 0 Å². The Balaban J connectivity index is 0.000000161.